The third-order valence-corrected chi connectivity index (χ3v) is 3.42. The molecule has 1 amide bonds. The van der Waals surface area contributed by atoms with Crippen molar-refractivity contribution in [3.8, 4) is 5.75 Å². The topological polar surface area (TPSA) is 52.6 Å². The molecule has 1 aromatic carbocycles. The van der Waals surface area contributed by atoms with Gasteiger partial charge in [0, 0.05) is 13.1 Å². The molecule has 1 atom stereocenters. The van der Waals surface area contributed by atoms with E-state index in [0.717, 1.165) is 24.0 Å². The lowest BCUT2D eigenvalue weighted by Crippen LogP contribution is -2.34. The molecule has 2 N–H and O–H groups in total. The largest absolute Gasteiger partial charge is 0.508 e. The molecular formula is C13H18N2O2. The first kappa shape index (κ1) is 11.9. The van der Waals surface area contributed by atoms with Gasteiger partial charge in [-0.05, 0) is 37.1 Å². The average molecular weight is 234 g/mol. The van der Waals surface area contributed by atoms with Crippen LogP contribution in [0.1, 0.15) is 23.6 Å². The Balaban J connectivity index is 2.16. The molecule has 2 rings (SSSR count). The van der Waals surface area contributed by atoms with Gasteiger partial charge in [0.1, 0.15) is 5.75 Å². The van der Waals surface area contributed by atoms with Gasteiger partial charge < -0.3 is 10.4 Å². The Morgan fingerprint density at radius 3 is 3.06 bits per heavy atom. The minimum absolute atomic E-state index is 0.0149. The van der Waals surface area contributed by atoms with Crippen molar-refractivity contribution in [3.63, 3.8) is 0 Å². The van der Waals surface area contributed by atoms with Crippen LogP contribution in [-0.4, -0.2) is 36.6 Å². The van der Waals surface area contributed by atoms with Gasteiger partial charge in [-0.2, -0.15) is 0 Å². The molecule has 0 aromatic heterocycles. The summed E-state index contributed by atoms with van der Waals surface area (Å²) in [6.45, 7) is 0.385. The lowest BCUT2D eigenvalue weighted by Gasteiger charge is -2.24. The molecule has 1 aromatic rings. The van der Waals surface area contributed by atoms with E-state index < -0.39 is 0 Å². The normalized spacial score (nSPS) is 18.2. The number of nitrogens with one attached hydrogen (secondary N) is 1. The van der Waals surface area contributed by atoms with Gasteiger partial charge in [-0.1, -0.05) is 12.1 Å². The van der Waals surface area contributed by atoms with Gasteiger partial charge in [0.15, 0.2) is 0 Å². The van der Waals surface area contributed by atoms with E-state index in [4.69, 9.17) is 0 Å². The summed E-state index contributed by atoms with van der Waals surface area (Å²) in [6.07, 6.45) is 1.84. The molecule has 0 saturated heterocycles. The number of phenols is 1. The SMILES string of the molecule is CNC(=O)CN(C)C1CCc2c(O)cccc21. The van der Waals surface area contributed by atoms with Crippen molar-refractivity contribution in [2.24, 2.45) is 0 Å². The van der Waals surface area contributed by atoms with Crippen molar-refractivity contribution >= 4 is 5.91 Å². The number of amides is 1. The minimum atomic E-state index is 0.0149. The quantitative estimate of drug-likeness (QED) is 0.822. The lowest BCUT2D eigenvalue weighted by atomic mass is 10.1. The number of hydrogen-bond acceptors (Lipinski definition) is 3. The van der Waals surface area contributed by atoms with Crippen molar-refractivity contribution in [2.45, 2.75) is 18.9 Å². The summed E-state index contributed by atoms with van der Waals surface area (Å²) >= 11 is 0. The van der Waals surface area contributed by atoms with Crippen LogP contribution < -0.4 is 5.32 Å². The summed E-state index contributed by atoms with van der Waals surface area (Å²) < 4.78 is 0. The maximum Gasteiger partial charge on any atom is 0.233 e. The summed E-state index contributed by atoms with van der Waals surface area (Å²) in [7, 11) is 3.59. The number of nitrogens with zero attached hydrogens (tertiary/aromatic N) is 1. The highest BCUT2D eigenvalue weighted by molar-refractivity contribution is 5.77. The third-order valence-electron chi connectivity index (χ3n) is 3.42. The van der Waals surface area contributed by atoms with Crippen LogP contribution >= 0.6 is 0 Å². The van der Waals surface area contributed by atoms with E-state index in [1.54, 1.807) is 13.1 Å². The molecule has 0 spiro atoms. The molecule has 1 aliphatic carbocycles. The van der Waals surface area contributed by atoms with Crippen molar-refractivity contribution in [3.05, 3.63) is 29.3 Å². The Morgan fingerprint density at radius 1 is 1.59 bits per heavy atom. The van der Waals surface area contributed by atoms with Gasteiger partial charge >= 0.3 is 0 Å². The molecule has 0 aliphatic heterocycles. The van der Waals surface area contributed by atoms with Gasteiger partial charge in [0.2, 0.25) is 5.91 Å². The number of likely N-dealkylation sites (N-methyl/N-ethyl adjacent to an activating group) is 2. The number of hydrogen-bond donors (Lipinski definition) is 2. The highest BCUT2D eigenvalue weighted by atomic mass is 16.3. The number of carbonyl (C=O) groups is 1. The van der Waals surface area contributed by atoms with Gasteiger partial charge in [0.25, 0.3) is 0 Å². The van der Waals surface area contributed by atoms with Crippen LogP contribution in [0.5, 0.6) is 5.75 Å². The van der Waals surface area contributed by atoms with Crippen molar-refractivity contribution < 1.29 is 9.90 Å². The zero-order valence-corrected chi connectivity index (χ0v) is 10.2. The molecule has 4 nitrogen and oxygen atoms in total. The average Bonchev–Trinajstić information content (AvgIpc) is 2.74. The first-order valence-electron chi connectivity index (χ1n) is 5.85. The molecule has 4 heteroatoms. The zero-order chi connectivity index (χ0) is 12.4. The third kappa shape index (κ3) is 2.26. The van der Waals surface area contributed by atoms with Crippen LogP contribution in [0.15, 0.2) is 18.2 Å². The fraction of sp³-hybridized carbons (Fsp3) is 0.462. The van der Waals surface area contributed by atoms with Crippen LogP contribution in [0.25, 0.3) is 0 Å². The monoisotopic (exact) mass is 234 g/mol. The number of carbonyl (C=O) groups excluding carboxylic acids is 1. The number of fused-ring (bicyclic) bond motifs is 1. The fourth-order valence-electron chi connectivity index (χ4n) is 2.49. The van der Waals surface area contributed by atoms with Gasteiger partial charge in [-0.3, -0.25) is 9.69 Å². The second kappa shape index (κ2) is 4.75. The zero-order valence-electron chi connectivity index (χ0n) is 10.2. The summed E-state index contributed by atoms with van der Waals surface area (Å²) in [5.74, 6) is 0.388. The van der Waals surface area contributed by atoms with E-state index in [1.807, 2.05) is 24.1 Å². The van der Waals surface area contributed by atoms with E-state index in [9.17, 15) is 9.90 Å². The Kier molecular flexibility index (Phi) is 3.33. The molecular weight excluding hydrogens is 216 g/mol. The highest BCUT2D eigenvalue weighted by Gasteiger charge is 2.28. The molecule has 17 heavy (non-hydrogen) atoms. The van der Waals surface area contributed by atoms with Gasteiger partial charge in [-0.25, -0.2) is 0 Å². The molecule has 0 bridgehead atoms. The van der Waals surface area contributed by atoms with E-state index >= 15 is 0 Å². The predicted octanol–water partition coefficient (Wildman–Crippen LogP) is 1.06. The van der Waals surface area contributed by atoms with Crippen LogP contribution in [0.2, 0.25) is 0 Å². The van der Waals surface area contributed by atoms with Gasteiger partial charge in [-0.15, -0.1) is 0 Å². The molecule has 92 valence electrons. The first-order valence-corrected chi connectivity index (χ1v) is 5.85. The Hall–Kier alpha value is -1.55. The molecule has 1 aliphatic rings. The summed E-state index contributed by atoms with van der Waals surface area (Å²) in [6, 6.07) is 5.85. The Labute approximate surface area is 101 Å². The highest BCUT2D eigenvalue weighted by Crippen LogP contribution is 2.38. The summed E-state index contributed by atoms with van der Waals surface area (Å²) in [5.41, 5.74) is 2.18. The van der Waals surface area contributed by atoms with E-state index in [1.165, 1.54) is 0 Å². The number of aromatic hydroxyl groups is 1. The number of benzene rings is 1. The Bertz CT molecular complexity index is 431. The van der Waals surface area contributed by atoms with Gasteiger partial charge in [0.05, 0.1) is 6.54 Å². The number of phenolic OH excluding ortho intramolecular Hbond substituents is 1. The standard InChI is InChI=1S/C13H18N2O2/c1-14-13(17)8-15(2)11-7-6-10-9(11)4-3-5-12(10)16/h3-5,11,16H,6-8H2,1-2H3,(H,14,17). The fourth-order valence-corrected chi connectivity index (χ4v) is 2.49. The van der Waals surface area contributed by atoms with E-state index in [-0.39, 0.29) is 11.9 Å². The summed E-state index contributed by atoms with van der Waals surface area (Å²) in [5, 5.41) is 12.4. The van der Waals surface area contributed by atoms with E-state index in [0.29, 0.717) is 12.3 Å². The minimum Gasteiger partial charge on any atom is -0.508 e. The van der Waals surface area contributed by atoms with Crippen LogP contribution in [0, 0.1) is 0 Å². The Morgan fingerprint density at radius 2 is 2.35 bits per heavy atom. The molecule has 1 unspecified atom stereocenters. The van der Waals surface area contributed by atoms with Crippen LogP contribution in [0.3, 0.4) is 0 Å². The lowest BCUT2D eigenvalue weighted by molar-refractivity contribution is -0.121. The maximum atomic E-state index is 11.4. The van der Waals surface area contributed by atoms with Crippen LogP contribution in [0.4, 0.5) is 0 Å². The smallest absolute Gasteiger partial charge is 0.233 e. The van der Waals surface area contributed by atoms with Crippen molar-refractivity contribution in [1.82, 2.24) is 10.2 Å². The number of rotatable bonds is 3. The predicted molar refractivity (Wildman–Crippen MR) is 65.9 cm³/mol. The molecule has 0 saturated carbocycles. The first-order chi connectivity index (χ1) is 8.13. The van der Waals surface area contributed by atoms with Crippen molar-refractivity contribution in [2.75, 3.05) is 20.6 Å². The summed E-state index contributed by atoms with van der Waals surface area (Å²) in [4.78, 5) is 13.4. The maximum absolute atomic E-state index is 11.4. The molecule has 0 radical (unpaired) electrons. The molecule has 0 heterocycles. The van der Waals surface area contributed by atoms with Crippen LogP contribution in [-0.2, 0) is 11.2 Å². The van der Waals surface area contributed by atoms with Crippen molar-refractivity contribution in [1.29, 1.82) is 0 Å². The second-order valence-corrected chi connectivity index (χ2v) is 4.49. The van der Waals surface area contributed by atoms with E-state index in [2.05, 4.69) is 5.32 Å². The molecule has 0 fully saturated rings. The second-order valence-electron chi connectivity index (χ2n) is 4.49.